The van der Waals surface area contributed by atoms with Gasteiger partial charge in [0.05, 0.1) is 15.5 Å². The van der Waals surface area contributed by atoms with Crippen molar-refractivity contribution < 1.29 is 4.92 Å². The second-order valence-corrected chi connectivity index (χ2v) is 5.83. The van der Waals surface area contributed by atoms with Crippen molar-refractivity contribution in [1.29, 1.82) is 0 Å². The molecular formula is C13H10Cl2N2O2S. The maximum Gasteiger partial charge on any atom is 0.274 e. The minimum Gasteiger partial charge on any atom is -0.398 e. The van der Waals surface area contributed by atoms with E-state index in [1.54, 1.807) is 30.3 Å². The highest BCUT2D eigenvalue weighted by molar-refractivity contribution is 7.98. The van der Waals surface area contributed by atoms with Crippen LogP contribution in [0.5, 0.6) is 0 Å². The van der Waals surface area contributed by atoms with Crippen LogP contribution in [0.25, 0.3) is 0 Å². The van der Waals surface area contributed by atoms with Crippen molar-refractivity contribution in [2.24, 2.45) is 0 Å². The Kier molecular flexibility index (Phi) is 4.75. The van der Waals surface area contributed by atoms with Gasteiger partial charge in [-0.1, -0.05) is 29.3 Å². The number of nitrogen functional groups attached to an aromatic ring is 1. The molecule has 0 saturated carbocycles. The summed E-state index contributed by atoms with van der Waals surface area (Å²) in [4.78, 5) is 11.3. The molecule has 0 unspecified atom stereocenters. The van der Waals surface area contributed by atoms with Crippen molar-refractivity contribution in [3.8, 4) is 0 Å². The second-order valence-electron chi connectivity index (χ2n) is 3.97. The number of nitro groups is 1. The van der Waals surface area contributed by atoms with E-state index < -0.39 is 4.92 Å². The molecule has 2 aromatic rings. The van der Waals surface area contributed by atoms with Crippen LogP contribution in [0.15, 0.2) is 41.3 Å². The minimum atomic E-state index is -0.441. The average molecular weight is 329 g/mol. The highest BCUT2D eigenvalue weighted by Crippen LogP contribution is 2.35. The summed E-state index contributed by atoms with van der Waals surface area (Å²) < 4.78 is 0. The van der Waals surface area contributed by atoms with Gasteiger partial charge in [-0.15, -0.1) is 11.8 Å². The number of rotatable bonds is 4. The first-order chi connectivity index (χ1) is 9.49. The van der Waals surface area contributed by atoms with Crippen LogP contribution in [0.2, 0.25) is 10.0 Å². The molecule has 0 radical (unpaired) electrons. The number of thioether (sulfide) groups is 1. The van der Waals surface area contributed by atoms with Crippen LogP contribution in [0.4, 0.5) is 11.4 Å². The summed E-state index contributed by atoms with van der Waals surface area (Å²) in [5.74, 6) is 0.348. The highest BCUT2D eigenvalue weighted by Gasteiger charge is 2.17. The molecule has 0 aromatic heterocycles. The van der Waals surface area contributed by atoms with Gasteiger partial charge in [0.15, 0.2) is 0 Å². The van der Waals surface area contributed by atoms with Gasteiger partial charge < -0.3 is 5.73 Å². The van der Waals surface area contributed by atoms with Crippen LogP contribution in [-0.2, 0) is 5.75 Å². The third-order valence-electron chi connectivity index (χ3n) is 2.64. The van der Waals surface area contributed by atoms with Gasteiger partial charge in [-0.3, -0.25) is 10.1 Å². The quantitative estimate of drug-likeness (QED) is 0.379. The number of nitrogens with zero attached hydrogens (tertiary/aromatic N) is 1. The van der Waals surface area contributed by atoms with Crippen LogP contribution < -0.4 is 5.73 Å². The van der Waals surface area contributed by atoms with Gasteiger partial charge >= 0.3 is 0 Å². The summed E-state index contributed by atoms with van der Waals surface area (Å²) in [5, 5.41) is 11.9. The molecule has 0 saturated heterocycles. The fourth-order valence-electron chi connectivity index (χ4n) is 1.64. The minimum absolute atomic E-state index is 0.00518. The smallest absolute Gasteiger partial charge is 0.274 e. The first-order valence-electron chi connectivity index (χ1n) is 5.58. The van der Waals surface area contributed by atoms with E-state index in [1.807, 2.05) is 0 Å². The van der Waals surface area contributed by atoms with E-state index in [0.717, 1.165) is 4.90 Å². The summed E-state index contributed by atoms with van der Waals surface area (Å²) >= 11 is 13.3. The van der Waals surface area contributed by atoms with Crippen LogP contribution in [-0.4, -0.2) is 4.92 Å². The monoisotopic (exact) mass is 328 g/mol. The molecule has 0 amide bonds. The zero-order chi connectivity index (χ0) is 14.7. The highest BCUT2D eigenvalue weighted by atomic mass is 35.5. The lowest BCUT2D eigenvalue weighted by molar-refractivity contribution is -0.385. The molecule has 0 bridgehead atoms. The molecule has 2 rings (SSSR count). The Morgan fingerprint density at radius 1 is 1.25 bits per heavy atom. The summed E-state index contributed by atoms with van der Waals surface area (Å²) in [5.41, 5.74) is 6.90. The molecule has 104 valence electrons. The topological polar surface area (TPSA) is 69.2 Å². The molecule has 2 N–H and O–H groups in total. The van der Waals surface area contributed by atoms with Gasteiger partial charge in [0.1, 0.15) is 0 Å². The lowest BCUT2D eigenvalue weighted by Crippen LogP contribution is -1.95. The number of nitrogens with two attached hydrogens (primary N) is 1. The number of hydrogen-bond donors (Lipinski definition) is 1. The van der Waals surface area contributed by atoms with Gasteiger partial charge in [0.25, 0.3) is 5.69 Å². The lowest BCUT2D eigenvalue weighted by atomic mass is 10.2. The number of anilines is 1. The molecule has 20 heavy (non-hydrogen) atoms. The van der Waals surface area contributed by atoms with E-state index in [2.05, 4.69) is 0 Å². The van der Waals surface area contributed by atoms with Crippen molar-refractivity contribution in [2.45, 2.75) is 10.6 Å². The van der Waals surface area contributed by atoms with Crippen molar-refractivity contribution in [3.63, 3.8) is 0 Å². The molecule has 0 aliphatic carbocycles. The summed E-state index contributed by atoms with van der Waals surface area (Å²) in [6.45, 7) is 0. The van der Waals surface area contributed by atoms with Gasteiger partial charge in [-0.2, -0.15) is 0 Å². The van der Waals surface area contributed by atoms with E-state index in [0.29, 0.717) is 27.0 Å². The second kappa shape index (κ2) is 6.35. The first-order valence-corrected chi connectivity index (χ1v) is 7.33. The Morgan fingerprint density at radius 2 is 2.00 bits per heavy atom. The number of halogens is 2. The largest absolute Gasteiger partial charge is 0.398 e. The molecular weight excluding hydrogens is 319 g/mol. The Labute approximate surface area is 130 Å². The van der Waals surface area contributed by atoms with Crippen molar-refractivity contribution in [2.75, 3.05) is 5.73 Å². The zero-order valence-corrected chi connectivity index (χ0v) is 12.5. The van der Waals surface area contributed by atoms with E-state index in [4.69, 9.17) is 28.9 Å². The zero-order valence-electron chi connectivity index (χ0n) is 10.2. The standard InChI is InChI=1S/C13H10Cl2N2O2S/c14-8-4-5-11(16)13(6-8)20-7-9-10(15)2-1-3-12(9)17(18)19/h1-6H,7,16H2. The molecule has 0 fully saturated rings. The summed E-state index contributed by atoms with van der Waals surface area (Å²) in [7, 11) is 0. The molecule has 4 nitrogen and oxygen atoms in total. The third kappa shape index (κ3) is 3.36. The molecule has 0 spiro atoms. The average Bonchev–Trinajstić information content (AvgIpc) is 2.40. The van der Waals surface area contributed by atoms with Gasteiger partial charge in [0, 0.05) is 27.4 Å². The molecule has 7 heteroatoms. The number of nitro benzene ring substituents is 1. The van der Waals surface area contributed by atoms with E-state index >= 15 is 0 Å². The first kappa shape index (κ1) is 15.0. The maximum atomic E-state index is 11.0. The molecule has 0 aliphatic heterocycles. The number of benzene rings is 2. The Morgan fingerprint density at radius 3 is 2.70 bits per heavy atom. The van der Waals surface area contributed by atoms with Crippen molar-refractivity contribution in [3.05, 3.63) is 62.1 Å². The van der Waals surface area contributed by atoms with E-state index in [-0.39, 0.29) is 5.69 Å². The summed E-state index contributed by atoms with van der Waals surface area (Å²) in [6.07, 6.45) is 0. The van der Waals surface area contributed by atoms with Crippen molar-refractivity contribution >= 4 is 46.3 Å². The molecule has 0 heterocycles. The Bertz CT molecular complexity index is 665. The van der Waals surface area contributed by atoms with Crippen LogP contribution in [0.3, 0.4) is 0 Å². The predicted molar refractivity (Wildman–Crippen MR) is 83.5 cm³/mol. The van der Waals surface area contributed by atoms with Crippen LogP contribution in [0.1, 0.15) is 5.56 Å². The molecule has 0 aliphatic rings. The van der Waals surface area contributed by atoms with Crippen molar-refractivity contribution in [1.82, 2.24) is 0 Å². The van der Waals surface area contributed by atoms with E-state index in [1.165, 1.54) is 17.8 Å². The summed E-state index contributed by atoms with van der Waals surface area (Å²) in [6, 6.07) is 9.74. The fraction of sp³-hybridized carbons (Fsp3) is 0.0769. The van der Waals surface area contributed by atoms with E-state index in [9.17, 15) is 10.1 Å². The SMILES string of the molecule is Nc1ccc(Cl)cc1SCc1c(Cl)cccc1[N+](=O)[O-]. The maximum absolute atomic E-state index is 11.0. The normalized spacial score (nSPS) is 10.5. The lowest BCUT2D eigenvalue weighted by Gasteiger charge is -2.08. The molecule has 0 atom stereocenters. The van der Waals surface area contributed by atoms with Gasteiger partial charge in [0.2, 0.25) is 0 Å². The Balaban J connectivity index is 2.27. The third-order valence-corrected chi connectivity index (χ3v) is 4.33. The fourth-order valence-corrected chi connectivity index (χ4v) is 3.24. The van der Waals surface area contributed by atoms with Crippen LogP contribution in [0, 0.1) is 10.1 Å². The molecule has 2 aromatic carbocycles. The van der Waals surface area contributed by atoms with Gasteiger partial charge in [-0.25, -0.2) is 0 Å². The Hall–Kier alpha value is -1.43. The van der Waals surface area contributed by atoms with Gasteiger partial charge in [-0.05, 0) is 24.3 Å². The number of hydrogen-bond acceptors (Lipinski definition) is 4. The van der Waals surface area contributed by atoms with Crippen LogP contribution >= 0.6 is 35.0 Å². The predicted octanol–water partition coefficient (Wildman–Crippen LogP) is 4.78.